The van der Waals surface area contributed by atoms with E-state index < -0.39 is 0 Å². The zero-order chi connectivity index (χ0) is 12.8. The van der Waals surface area contributed by atoms with Crippen LogP contribution in [0.3, 0.4) is 0 Å². The number of nitrogens with zero attached hydrogens (tertiary/aromatic N) is 2. The Balaban J connectivity index is 2.92. The molecule has 0 saturated heterocycles. The second-order valence-corrected chi connectivity index (χ2v) is 4.15. The van der Waals surface area contributed by atoms with E-state index in [9.17, 15) is 4.79 Å². The van der Waals surface area contributed by atoms with Crippen LogP contribution in [0.4, 0.5) is 0 Å². The van der Waals surface area contributed by atoms with Gasteiger partial charge in [-0.2, -0.15) is 0 Å². The summed E-state index contributed by atoms with van der Waals surface area (Å²) in [5.41, 5.74) is 12.2. The number of likely N-dealkylation sites (N-methyl/N-ethyl adjacent to an activating group) is 1. The van der Waals surface area contributed by atoms with Crippen molar-refractivity contribution < 1.29 is 4.79 Å². The lowest BCUT2D eigenvalue weighted by Gasteiger charge is -2.30. The summed E-state index contributed by atoms with van der Waals surface area (Å²) in [5, 5.41) is 0. The molecule has 0 fully saturated rings. The highest BCUT2D eigenvalue weighted by atomic mass is 16.1. The van der Waals surface area contributed by atoms with Crippen LogP contribution in [0.25, 0.3) is 0 Å². The zero-order valence-corrected chi connectivity index (χ0v) is 10.3. The Morgan fingerprint density at radius 1 is 1.53 bits per heavy atom. The van der Waals surface area contributed by atoms with Crippen molar-refractivity contribution in [3.63, 3.8) is 0 Å². The van der Waals surface area contributed by atoms with Gasteiger partial charge in [-0.05, 0) is 25.6 Å². The third-order valence-electron chi connectivity index (χ3n) is 2.75. The molecule has 5 nitrogen and oxygen atoms in total. The number of carbonyl (C=O) groups excluding carboxylic acids is 1. The molecule has 0 aliphatic rings. The predicted molar refractivity (Wildman–Crippen MR) is 67.1 cm³/mol. The number of pyridine rings is 1. The number of aromatic nitrogens is 1. The van der Waals surface area contributed by atoms with Crippen molar-refractivity contribution in [2.24, 2.45) is 11.5 Å². The molecule has 1 amide bonds. The largest absolute Gasteiger partial charge is 0.369 e. The lowest BCUT2D eigenvalue weighted by Crippen LogP contribution is -2.42. The maximum atomic E-state index is 11.0. The highest BCUT2D eigenvalue weighted by molar-refractivity contribution is 5.75. The highest BCUT2D eigenvalue weighted by Gasteiger charge is 2.24. The van der Waals surface area contributed by atoms with E-state index in [-0.39, 0.29) is 24.5 Å². The number of carbonyl (C=O) groups is 1. The number of rotatable bonds is 6. The molecule has 1 heterocycles. The topological polar surface area (TPSA) is 85.2 Å². The van der Waals surface area contributed by atoms with Crippen LogP contribution in [0.15, 0.2) is 24.4 Å². The van der Waals surface area contributed by atoms with E-state index in [1.165, 1.54) is 0 Å². The zero-order valence-electron chi connectivity index (χ0n) is 10.3. The molecule has 4 N–H and O–H groups in total. The van der Waals surface area contributed by atoms with Crippen molar-refractivity contribution in [2.45, 2.75) is 25.4 Å². The van der Waals surface area contributed by atoms with Crippen LogP contribution in [0.2, 0.25) is 0 Å². The molecule has 0 spiro atoms. The lowest BCUT2D eigenvalue weighted by molar-refractivity contribution is -0.119. The molecule has 0 bridgehead atoms. The maximum absolute atomic E-state index is 11.0. The Morgan fingerprint density at radius 3 is 2.71 bits per heavy atom. The van der Waals surface area contributed by atoms with Crippen LogP contribution in [0, 0.1) is 0 Å². The Bertz CT molecular complexity index is 355. The molecule has 0 aliphatic carbocycles. The van der Waals surface area contributed by atoms with Crippen molar-refractivity contribution in [1.82, 2.24) is 9.88 Å². The van der Waals surface area contributed by atoms with Gasteiger partial charge >= 0.3 is 0 Å². The summed E-state index contributed by atoms with van der Waals surface area (Å²) >= 11 is 0. The van der Waals surface area contributed by atoms with Crippen LogP contribution in [0.5, 0.6) is 0 Å². The average molecular weight is 236 g/mol. The molecule has 1 rings (SSSR count). The van der Waals surface area contributed by atoms with Crippen molar-refractivity contribution in [3.8, 4) is 0 Å². The predicted octanol–water partition coefficient (Wildman–Crippen LogP) is 0.277. The molecule has 1 aromatic rings. The number of hydrogen-bond donors (Lipinski definition) is 2. The van der Waals surface area contributed by atoms with E-state index in [0.29, 0.717) is 0 Å². The standard InChI is InChI=1S/C12H20N4O/c1-3-9(13)12(16(2)8-11(14)17)10-6-4-5-7-15-10/h4-7,9,12H,3,8,13H2,1-2H3,(H2,14,17). The van der Waals surface area contributed by atoms with Gasteiger partial charge in [0.2, 0.25) is 5.91 Å². The molecule has 0 aliphatic heterocycles. The summed E-state index contributed by atoms with van der Waals surface area (Å²) < 4.78 is 0. The maximum Gasteiger partial charge on any atom is 0.231 e. The Morgan fingerprint density at radius 2 is 2.24 bits per heavy atom. The average Bonchev–Trinajstić information content (AvgIpc) is 2.29. The fourth-order valence-electron chi connectivity index (χ4n) is 1.89. The minimum Gasteiger partial charge on any atom is -0.369 e. The molecule has 0 aromatic carbocycles. The minimum atomic E-state index is -0.364. The number of nitrogens with two attached hydrogens (primary N) is 2. The summed E-state index contributed by atoms with van der Waals surface area (Å²) in [6.07, 6.45) is 2.53. The fourth-order valence-corrected chi connectivity index (χ4v) is 1.89. The highest BCUT2D eigenvalue weighted by Crippen LogP contribution is 2.21. The molecule has 2 unspecified atom stereocenters. The van der Waals surface area contributed by atoms with Gasteiger partial charge < -0.3 is 11.5 Å². The first kappa shape index (κ1) is 13.6. The molecular weight excluding hydrogens is 216 g/mol. The fraction of sp³-hybridized carbons (Fsp3) is 0.500. The Labute approximate surface area is 102 Å². The molecule has 0 saturated carbocycles. The summed E-state index contributed by atoms with van der Waals surface area (Å²) in [7, 11) is 1.83. The first-order valence-electron chi connectivity index (χ1n) is 5.71. The van der Waals surface area contributed by atoms with Crippen LogP contribution < -0.4 is 11.5 Å². The van der Waals surface area contributed by atoms with Gasteiger partial charge in [0.25, 0.3) is 0 Å². The quantitative estimate of drug-likeness (QED) is 0.742. The lowest BCUT2D eigenvalue weighted by atomic mass is 10.0. The smallest absolute Gasteiger partial charge is 0.231 e. The van der Waals surface area contributed by atoms with Crippen molar-refractivity contribution in [1.29, 1.82) is 0 Å². The van der Waals surface area contributed by atoms with Gasteiger partial charge in [0.1, 0.15) is 0 Å². The van der Waals surface area contributed by atoms with Gasteiger partial charge in [0.05, 0.1) is 18.3 Å². The summed E-state index contributed by atoms with van der Waals surface area (Å²) in [6.45, 7) is 2.19. The number of primary amides is 1. The van der Waals surface area contributed by atoms with Crippen molar-refractivity contribution >= 4 is 5.91 Å². The molecular formula is C12H20N4O. The van der Waals surface area contributed by atoms with E-state index in [2.05, 4.69) is 4.98 Å². The summed E-state index contributed by atoms with van der Waals surface area (Å²) in [4.78, 5) is 17.1. The first-order valence-corrected chi connectivity index (χ1v) is 5.71. The van der Waals surface area contributed by atoms with Gasteiger partial charge in [-0.15, -0.1) is 0 Å². The van der Waals surface area contributed by atoms with Gasteiger partial charge in [0.15, 0.2) is 0 Å². The Hall–Kier alpha value is -1.46. The second-order valence-electron chi connectivity index (χ2n) is 4.15. The third-order valence-corrected chi connectivity index (χ3v) is 2.75. The Kier molecular flexibility index (Phi) is 5.06. The van der Waals surface area contributed by atoms with Crippen LogP contribution in [-0.4, -0.2) is 35.4 Å². The molecule has 2 atom stereocenters. The molecule has 94 valence electrons. The summed E-state index contributed by atoms with van der Waals surface area (Å²) in [5.74, 6) is -0.364. The van der Waals surface area contributed by atoms with E-state index >= 15 is 0 Å². The molecule has 1 aromatic heterocycles. The van der Waals surface area contributed by atoms with E-state index in [1.807, 2.05) is 37.1 Å². The van der Waals surface area contributed by atoms with E-state index in [0.717, 1.165) is 12.1 Å². The number of hydrogen-bond acceptors (Lipinski definition) is 4. The van der Waals surface area contributed by atoms with Crippen molar-refractivity contribution in [3.05, 3.63) is 30.1 Å². The molecule has 0 radical (unpaired) electrons. The third kappa shape index (κ3) is 3.80. The molecule has 5 heteroatoms. The SMILES string of the molecule is CCC(N)C(c1ccccn1)N(C)CC(N)=O. The second kappa shape index (κ2) is 6.32. The minimum absolute atomic E-state index is 0.0748. The van der Waals surface area contributed by atoms with E-state index in [4.69, 9.17) is 11.5 Å². The van der Waals surface area contributed by atoms with Gasteiger partial charge in [-0.3, -0.25) is 14.7 Å². The normalized spacial score (nSPS) is 14.6. The van der Waals surface area contributed by atoms with Gasteiger partial charge in [-0.1, -0.05) is 13.0 Å². The van der Waals surface area contributed by atoms with Crippen molar-refractivity contribution in [2.75, 3.05) is 13.6 Å². The summed E-state index contributed by atoms with van der Waals surface area (Å²) in [6, 6.07) is 5.52. The van der Waals surface area contributed by atoms with Crippen LogP contribution in [0.1, 0.15) is 25.1 Å². The molecule has 17 heavy (non-hydrogen) atoms. The van der Waals surface area contributed by atoms with E-state index in [1.54, 1.807) is 6.20 Å². The monoisotopic (exact) mass is 236 g/mol. The van der Waals surface area contributed by atoms with Crippen LogP contribution in [-0.2, 0) is 4.79 Å². The van der Waals surface area contributed by atoms with Gasteiger partial charge in [0, 0.05) is 12.2 Å². The van der Waals surface area contributed by atoms with Gasteiger partial charge in [-0.25, -0.2) is 0 Å². The van der Waals surface area contributed by atoms with Crippen LogP contribution >= 0.6 is 0 Å². The first-order chi connectivity index (χ1) is 8.06. The number of amides is 1.